The van der Waals surface area contributed by atoms with Crippen molar-refractivity contribution in [3.63, 3.8) is 0 Å². The molecule has 9 heteroatoms. The van der Waals surface area contributed by atoms with Crippen LogP contribution in [0, 0.1) is 5.82 Å². The van der Waals surface area contributed by atoms with E-state index in [4.69, 9.17) is 10.7 Å². The highest BCUT2D eigenvalue weighted by Crippen LogP contribution is 2.34. The summed E-state index contributed by atoms with van der Waals surface area (Å²) in [6, 6.07) is 13.0. The molecule has 1 unspecified atom stereocenters. The molecule has 37 heavy (non-hydrogen) atoms. The first-order chi connectivity index (χ1) is 18.0. The van der Waals surface area contributed by atoms with Gasteiger partial charge in [-0.05, 0) is 93.5 Å². The van der Waals surface area contributed by atoms with Crippen LogP contribution < -0.4 is 11.1 Å². The topological polar surface area (TPSA) is 112 Å². The van der Waals surface area contributed by atoms with Gasteiger partial charge in [0.05, 0.1) is 16.7 Å². The summed E-state index contributed by atoms with van der Waals surface area (Å²) in [5, 5.41) is 12.2. The molecule has 5 N–H and O–H groups in total. The molecule has 0 radical (unpaired) electrons. The number of H-pyrrole nitrogens is 2. The van der Waals surface area contributed by atoms with Crippen molar-refractivity contribution in [3.05, 3.63) is 65.6 Å². The Kier molecular flexibility index (Phi) is 6.19. The van der Waals surface area contributed by atoms with Crippen LogP contribution in [0.5, 0.6) is 0 Å². The lowest BCUT2D eigenvalue weighted by Gasteiger charge is -2.23. The van der Waals surface area contributed by atoms with Crippen molar-refractivity contribution in [2.45, 2.75) is 24.8 Å². The average Bonchev–Trinajstić information content (AvgIpc) is 3.52. The molecule has 0 amide bonds. The number of benzene rings is 2. The molecule has 4 heterocycles. The molecule has 2 aromatic carbocycles. The zero-order valence-electron chi connectivity index (χ0n) is 21.1. The molecule has 0 spiro atoms. The van der Waals surface area contributed by atoms with Crippen LogP contribution in [-0.4, -0.2) is 63.8 Å². The molecule has 1 atom stereocenters. The summed E-state index contributed by atoms with van der Waals surface area (Å²) in [5.41, 5.74) is 12.9. The van der Waals surface area contributed by atoms with E-state index in [1.165, 1.54) is 17.7 Å². The molecule has 0 bridgehead atoms. The van der Waals surface area contributed by atoms with Gasteiger partial charge < -0.3 is 20.9 Å². The fourth-order valence-corrected chi connectivity index (χ4v) is 5.34. The first kappa shape index (κ1) is 23.7. The van der Waals surface area contributed by atoms with Gasteiger partial charge in [0.2, 0.25) is 0 Å². The van der Waals surface area contributed by atoms with Gasteiger partial charge >= 0.3 is 0 Å². The SMILES string of the molecule is CN(C)CC(N)c1cc(F)cc(-c2nccc3[nH]c(-c4n[nH]c5ccc(C6CCNCC6)cc45)nc23)c1. The van der Waals surface area contributed by atoms with Crippen molar-refractivity contribution in [1.82, 2.24) is 35.4 Å². The number of fused-ring (bicyclic) bond motifs is 2. The molecule has 190 valence electrons. The number of nitrogens with two attached hydrogens (primary N) is 1. The van der Waals surface area contributed by atoms with E-state index in [9.17, 15) is 4.39 Å². The van der Waals surface area contributed by atoms with Crippen molar-refractivity contribution in [3.8, 4) is 22.8 Å². The van der Waals surface area contributed by atoms with E-state index in [2.05, 4.69) is 43.7 Å². The third-order valence-corrected chi connectivity index (χ3v) is 7.21. The van der Waals surface area contributed by atoms with Gasteiger partial charge in [0.25, 0.3) is 0 Å². The number of nitrogens with zero attached hydrogens (tertiary/aromatic N) is 4. The maximum Gasteiger partial charge on any atom is 0.159 e. The lowest BCUT2D eigenvalue weighted by Crippen LogP contribution is -2.26. The van der Waals surface area contributed by atoms with Gasteiger partial charge in [-0.2, -0.15) is 5.10 Å². The predicted molar refractivity (Wildman–Crippen MR) is 145 cm³/mol. The van der Waals surface area contributed by atoms with Crippen LogP contribution in [0.2, 0.25) is 0 Å². The highest BCUT2D eigenvalue weighted by atomic mass is 19.1. The number of likely N-dealkylation sites (N-methyl/N-ethyl adjacent to an activating group) is 1. The van der Waals surface area contributed by atoms with Crippen LogP contribution in [0.25, 0.3) is 44.7 Å². The number of aromatic amines is 2. The minimum Gasteiger partial charge on any atom is -0.336 e. The summed E-state index contributed by atoms with van der Waals surface area (Å²) < 4.78 is 14.7. The minimum absolute atomic E-state index is 0.317. The highest BCUT2D eigenvalue weighted by molar-refractivity contribution is 5.96. The summed E-state index contributed by atoms with van der Waals surface area (Å²) in [6.07, 6.45) is 3.97. The zero-order valence-corrected chi connectivity index (χ0v) is 21.1. The van der Waals surface area contributed by atoms with E-state index in [0.29, 0.717) is 35.1 Å². The summed E-state index contributed by atoms with van der Waals surface area (Å²) in [7, 11) is 3.89. The number of imidazole rings is 1. The van der Waals surface area contributed by atoms with Crippen LogP contribution in [0.15, 0.2) is 48.7 Å². The zero-order chi connectivity index (χ0) is 25.5. The number of halogens is 1. The Hall–Kier alpha value is -3.66. The van der Waals surface area contributed by atoms with Crippen LogP contribution >= 0.6 is 0 Å². The summed E-state index contributed by atoms with van der Waals surface area (Å²) >= 11 is 0. The first-order valence-electron chi connectivity index (χ1n) is 12.7. The van der Waals surface area contributed by atoms with E-state index in [-0.39, 0.29) is 11.9 Å². The molecule has 0 saturated carbocycles. The number of aromatic nitrogens is 5. The van der Waals surface area contributed by atoms with E-state index in [1.54, 1.807) is 6.20 Å². The van der Waals surface area contributed by atoms with Gasteiger partial charge in [-0.15, -0.1) is 0 Å². The molecular weight excluding hydrogens is 467 g/mol. The van der Waals surface area contributed by atoms with E-state index < -0.39 is 0 Å². The molecule has 8 nitrogen and oxygen atoms in total. The van der Waals surface area contributed by atoms with Gasteiger partial charge in [0.15, 0.2) is 5.82 Å². The fourth-order valence-electron chi connectivity index (χ4n) is 5.34. The largest absolute Gasteiger partial charge is 0.336 e. The number of piperidine rings is 1. The second-order valence-electron chi connectivity index (χ2n) is 10.2. The van der Waals surface area contributed by atoms with Crippen molar-refractivity contribution in [2.24, 2.45) is 5.73 Å². The summed E-state index contributed by atoms with van der Waals surface area (Å²) in [4.78, 5) is 14.9. The Morgan fingerprint density at radius 1 is 1.05 bits per heavy atom. The molecular formula is C28H31FN8. The number of hydrogen-bond acceptors (Lipinski definition) is 6. The third-order valence-electron chi connectivity index (χ3n) is 7.21. The molecule has 1 aliphatic rings. The number of rotatable bonds is 6. The van der Waals surface area contributed by atoms with Gasteiger partial charge in [-0.25, -0.2) is 9.37 Å². The molecule has 1 saturated heterocycles. The number of pyridine rings is 1. The van der Waals surface area contributed by atoms with E-state index >= 15 is 0 Å². The van der Waals surface area contributed by atoms with Gasteiger partial charge in [0.1, 0.15) is 17.0 Å². The summed E-state index contributed by atoms with van der Waals surface area (Å²) in [5.74, 6) is 0.847. The van der Waals surface area contributed by atoms with Crippen LogP contribution in [0.1, 0.15) is 35.9 Å². The van der Waals surface area contributed by atoms with Crippen LogP contribution in [-0.2, 0) is 0 Å². The predicted octanol–water partition coefficient (Wildman–Crippen LogP) is 4.34. The first-order valence-corrected chi connectivity index (χ1v) is 12.7. The van der Waals surface area contributed by atoms with Gasteiger partial charge in [-0.1, -0.05) is 6.07 Å². The molecule has 1 fully saturated rings. The maximum atomic E-state index is 14.7. The lowest BCUT2D eigenvalue weighted by molar-refractivity contribution is 0.376. The van der Waals surface area contributed by atoms with E-state index in [0.717, 1.165) is 53.6 Å². The standard InChI is InChI=1S/C28H31FN8/c1-37(2)15-22(30)18-11-19(13-20(29)12-18)25-27-24(7-10-32-25)33-28(34-27)26-21-14-17(3-4-23(21)35-36-26)16-5-8-31-9-6-16/h3-4,7,10-14,16,22,31H,5-6,8-9,15,30H2,1-2H3,(H,33,34)(H,35,36). The van der Waals surface area contributed by atoms with Crippen molar-refractivity contribution in [2.75, 3.05) is 33.7 Å². The lowest BCUT2D eigenvalue weighted by atomic mass is 9.89. The second-order valence-corrected chi connectivity index (χ2v) is 10.2. The molecule has 3 aromatic heterocycles. The van der Waals surface area contributed by atoms with Gasteiger partial charge in [0, 0.05) is 29.7 Å². The Bertz CT molecular complexity index is 1560. The quantitative estimate of drug-likeness (QED) is 0.277. The van der Waals surface area contributed by atoms with Crippen molar-refractivity contribution < 1.29 is 4.39 Å². The second kappa shape index (κ2) is 9.66. The Balaban J connectivity index is 1.41. The van der Waals surface area contributed by atoms with Crippen molar-refractivity contribution in [1.29, 1.82) is 0 Å². The Labute approximate surface area is 214 Å². The highest BCUT2D eigenvalue weighted by Gasteiger charge is 2.20. The monoisotopic (exact) mass is 498 g/mol. The average molecular weight is 499 g/mol. The fraction of sp³-hybridized carbons (Fsp3) is 0.321. The number of nitrogens with one attached hydrogen (secondary N) is 3. The van der Waals surface area contributed by atoms with Crippen LogP contribution in [0.4, 0.5) is 4.39 Å². The third kappa shape index (κ3) is 4.61. The Morgan fingerprint density at radius 3 is 2.70 bits per heavy atom. The Morgan fingerprint density at radius 2 is 1.89 bits per heavy atom. The maximum absolute atomic E-state index is 14.7. The molecule has 1 aliphatic heterocycles. The van der Waals surface area contributed by atoms with E-state index in [1.807, 2.05) is 31.1 Å². The normalized spacial score (nSPS) is 15.7. The summed E-state index contributed by atoms with van der Waals surface area (Å²) in [6.45, 7) is 2.70. The van der Waals surface area contributed by atoms with Gasteiger partial charge in [-0.3, -0.25) is 10.1 Å². The number of hydrogen-bond donors (Lipinski definition) is 4. The van der Waals surface area contributed by atoms with Crippen molar-refractivity contribution >= 4 is 21.9 Å². The smallest absolute Gasteiger partial charge is 0.159 e. The van der Waals surface area contributed by atoms with Crippen LogP contribution in [0.3, 0.4) is 0 Å². The minimum atomic E-state index is -0.347. The molecule has 0 aliphatic carbocycles. The molecule has 5 aromatic rings. The molecule has 6 rings (SSSR count).